The highest BCUT2D eigenvalue weighted by molar-refractivity contribution is 5.86. The average Bonchev–Trinajstić information content (AvgIpc) is 3.23. The molecule has 2 aliphatic carbocycles. The molecule has 0 unspecified atom stereocenters. The predicted octanol–water partition coefficient (Wildman–Crippen LogP) is 1.10. The second-order valence-electron chi connectivity index (χ2n) is 6.96. The Morgan fingerprint density at radius 2 is 2.21 bits per heavy atom. The molecule has 2 aliphatic rings. The summed E-state index contributed by atoms with van der Waals surface area (Å²) >= 11 is 0. The van der Waals surface area contributed by atoms with Crippen LogP contribution in [0.3, 0.4) is 0 Å². The highest BCUT2D eigenvalue weighted by atomic mass is 16.4. The summed E-state index contributed by atoms with van der Waals surface area (Å²) in [5.41, 5.74) is 0.810. The lowest BCUT2D eigenvalue weighted by atomic mass is 9.85. The van der Waals surface area contributed by atoms with Gasteiger partial charge in [0.05, 0.1) is 18.1 Å². The number of fused-ring (bicyclic) bond motifs is 1. The van der Waals surface area contributed by atoms with Gasteiger partial charge in [0.15, 0.2) is 5.65 Å². The largest absolute Gasteiger partial charge is 0.480 e. The van der Waals surface area contributed by atoms with E-state index in [-0.39, 0.29) is 6.54 Å². The van der Waals surface area contributed by atoms with Crippen molar-refractivity contribution in [3.8, 4) is 0 Å². The van der Waals surface area contributed by atoms with Crippen molar-refractivity contribution in [3.05, 3.63) is 12.5 Å². The molecule has 128 valence electrons. The summed E-state index contributed by atoms with van der Waals surface area (Å²) in [5.74, 6) is 0.775. The Morgan fingerprint density at radius 3 is 2.92 bits per heavy atom. The molecular weight excluding hydrogens is 308 g/mol. The number of anilines is 1. The summed E-state index contributed by atoms with van der Waals surface area (Å²) in [4.78, 5) is 21.8. The van der Waals surface area contributed by atoms with E-state index in [0.29, 0.717) is 18.0 Å². The number of rotatable bonds is 7. The molecule has 24 heavy (non-hydrogen) atoms. The van der Waals surface area contributed by atoms with Crippen LogP contribution in [0.4, 0.5) is 5.82 Å². The maximum Gasteiger partial charge on any atom is 0.317 e. The highest BCUT2D eigenvalue weighted by Crippen LogP contribution is 2.35. The van der Waals surface area contributed by atoms with E-state index >= 15 is 0 Å². The monoisotopic (exact) mass is 330 g/mol. The minimum absolute atomic E-state index is 0.147. The number of aryl methyl sites for hydroxylation is 1. The van der Waals surface area contributed by atoms with E-state index in [1.807, 2.05) is 7.05 Å². The van der Waals surface area contributed by atoms with Gasteiger partial charge in [-0.2, -0.15) is 5.10 Å². The van der Waals surface area contributed by atoms with Crippen LogP contribution in [0.2, 0.25) is 0 Å². The van der Waals surface area contributed by atoms with Crippen molar-refractivity contribution >= 4 is 22.8 Å². The number of nitrogens with zero attached hydrogens (tertiary/aromatic N) is 5. The molecular formula is C16H22N6O2. The van der Waals surface area contributed by atoms with E-state index in [2.05, 4.69) is 25.3 Å². The van der Waals surface area contributed by atoms with Crippen LogP contribution in [-0.4, -0.2) is 60.9 Å². The van der Waals surface area contributed by atoms with E-state index in [1.165, 1.54) is 12.8 Å². The lowest BCUT2D eigenvalue weighted by molar-refractivity contribution is -0.139. The van der Waals surface area contributed by atoms with Crippen molar-refractivity contribution in [1.82, 2.24) is 24.6 Å². The topological polar surface area (TPSA) is 96.2 Å². The van der Waals surface area contributed by atoms with Gasteiger partial charge in [-0.1, -0.05) is 0 Å². The van der Waals surface area contributed by atoms with Crippen LogP contribution in [-0.2, 0) is 11.8 Å². The standard InChI is InChI=1S/C16H22N6O2/c1-21-16-13(6-19-21)15(17-9-18-16)20-11-4-12(5-11)22(8-14(23)24)7-10-2-3-10/h6,9-12H,2-5,7-8H2,1H3,(H,23,24)(H,17,18,20). The number of hydrogen-bond acceptors (Lipinski definition) is 6. The molecule has 8 heteroatoms. The summed E-state index contributed by atoms with van der Waals surface area (Å²) in [6.45, 7) is 1.07. The van der Waals surface area contributed by atoms with Crippen molar-refractivity contribution in [3.63, 3.8) is 0 Å². The molecule has 0 amide bonds. The third-order valence-electron chi connectivity index (χ3n) is 5.03. The third kappa shape index (κ3) is 3.06. The number of hydrogen-bond donors (Lipinski definition) is 2. The molecule has 2 N–H and O–H groups in total. The van der Waals surface area contributed by atoms with Gasteiger partial charge in [-0.15, -0.1) is 0 Å². The fraction of sp³-hybridized carbons (Fsp3) is 0.625. The first-order chi connectivity index (χ1) is 11.6. The average molecular weight is 330 g/mol. The van der Waals surface area contributed by atoms with Crippen LogP contribution in [0.25, 0.3) is 11.0 Å². The van der Waals surface area contributed by atoms with Crippen LogP contribution in [0, 0.1) is 5.92 Å². The molecule has 0 bridgehead atoms. The van der Waals surface area contributed by atoms with Gasteiger partial charge >= 0.3 is 5.97 Å². The molecule has 0 saturated heterocycles. The molecule has 4 rings (SSSR count). The molecule has 0 spiro atoms. The van der Waals surface area contributed by atoms with Gasteiger partial charge in [-0.05, 0) is 31.6 Å². The van der Waals surface area contributed by atoms with Gasteiger partial charge in [0, 0.05) is 25.7 Å². The molecule has 0 radical (unpaired) electrons. The Kier molecular flexibility index (Phi) is 3.84. The van der Waals surface area contributed by atoms with Crippen molar-refractivity contribution in [2.75, 3.05) is 18.4 Å². The minimum Gasteiger partial charge on any atom is -0.480 e. The van der Waals surface area contributed by atoms with Crippen molar-refractivity contribution in [1.29, 1.82) is 0 Å². The Balaban J connectivity index is 1.38. The summed E-state index contributed by atoms with van der Waals surface area (Å²) in [5, 5.41) is 17.7. The zero-order valence-electron chi connectivity index (χ0n) is 13.7. The molecule has 2 fully saturated rings. The Labute approximate surface area is 139 Å². The summed E-state index contributed by atoms with van der Waals surface area (Å²) in [7, 11) is 1.86. The highest BCUT2D eigenvalue weighted by Gasteiger charge is 2.37. The SMILES string of the molecule is Cn1ncc2c(NC3CC(N(CC(=O)O)CC4CC4)C3)ncnc21. The van der Waals surface area contributed by atoms with Crippen molar-refractivity contribution in [2.45, 2.75) is 37.8 Å². The van der Waals surface area contributed by atoms with Crippen LogP contribution >= 0.6 is 0 Å². The molecule has 2 saturated carbocycles. The normalized spacial score (nSPS) is 23.4. The van der Waals surface area contributed by atoms with E-state index in [1.54, 1.807) is 17.2 Å². The van der Waals surface area contributed by atoms with Crippen LogP contribution in [0.1, 0.15) is 25.7 Å². The number of carboxylic acids is 1. The predicted molar refractivity (Wildman–Crippen MR) is 88.7 cm³/mol. The second kappa shape index (κ2) is 6.01. The molecule has 8 nitrogen and oxygen atoms in total. The molecule has 2 heterocycles. The first-order valence-corrected chi connectivity index (χ1v) is 8.45. The molecule has 2 aromatic heterocycles. The maximum absolute atomic E-state index is 11.1. The second-order valence-corrected chi connectivity index (χ2v) is 6.96. The lowest BCUT2D eigenvalue weighted by Crippen LogP contribution is -2.52. The number of carboxylic acid groups (broad SMARTS) is 1. The number of aliphatic carboxylic acids is 1. The number of carbonyl (C=O) groups is 1. The number of aromatic nitrogens is 4. The fourth-order valence-electron chi connectivity index (χ4n) is 3.42. The summed E-state index contributed by atoms with van der Waals surface area (Å²) < 4.78 is 1.73. The van der Waals surface area contributed by atoms with Gasteiger partial charge < -0.3 is 10.4 Å². The van der Waals surface area contributed by atoms with Gasteiger partial charge in [0.25, 0.3) is 0 Å². The maximum atomic E-state index is 11.1. The zero-order chi connectivity index (χ0) is 16.7. The Bertz CT molecular complexity index is 750. The summed E-state index contributed by atoms with van der Waals surface area (Å²) in [6.07, 6.45) is 7.70. The third-order valence-corrected chi connectivity index (χ3v) is 5.03. The Morgan fingerprint density at radius 1 is 1.42 bits per heavy atom. The number of nitrogens with one attached hydrogen (secondary N) is 1. The van der Waals surface area contributed by atoms with E-state index in [0.717, 1.165) is 36.2 Å². The fourth-order valence-corrected chi connectivity index (χ4v) is 3.42. The quantitative estimate of drug-likeness (QED) is 0.785. The van der Waals surface area contributed by atoms with Gasteiger partial charge in [-0.25, -0.2) is 9.97 Å². The van der Waals surface area contributed by atoms with E-state index < -0.39 is 5.97 Å². The molecule has 0 aromatic carbocycles. The smallest absolute Gasteiger partial charge is 0.317 e. The van der Waals surface area contributed by atoms with Crippen molar-refractivity contribution < 1.29 is 9.90 Å². The van der Waals surface area contributed by atoms with Crippen LogP contribution in [0.15, 0.2) is 12.5 Å². The lowest BCUT2D eigenvalue weighted by Gasteiger charge is -2.43. The minimum atomic E-state index is -0.736. The van der Waals surface area contributed by atoms with E-state index in [4.69, 9.17) is 5.11 Å². The zero-order valence-corrected chi connectivity index (χ0v) is 13.7. The van der Waals surface area contributed by atoms with E-state index in [9.17, 15) is 4.79 Å². The molecule has 2 aromatic rings. The molecule has 0 atom stereocenters. The van der Waals surface area contributed by atoms with Gasteiger partial charge in [0.2, 0.25) is 0 Å². The first-order valence-electron chi connectivity index (χ1n) is 8.45. The van der Waals surface area contributed by atoms with Crippen molar-refractivity contribution in [2.24, 2.45) is 13.0 Å². The summed E-state index contributed by atoms with van der Waals surface area (Å²) in [6, 6.07) is 0.675. The first kappa shape index (κ1) is 15.3. The van der Waals surface area contributed by atoms with Crippen LogP contribution < -0.4 is 5.32 Å². The van der Waals surface area contributed by atoms with Gasteiger partial charge in [0.1, 0.15) is 12.1 Å². The van der Waals surface area contributed by atoms with Crippen LogP contribution in [0.5, 0.6) is 0 Å². The molecule has 0 aliphatic heterocycles. The van der Waals surface area contributed by atoms with Gasteiger partial charge in [-0.3, -0.25) is 14.4 Å². The Hall–Kier alpha value is -2.22.